The highest BCUT2D eigenvalue weighted by molar-refractivity contribution is 5.74. The van der Waals surface area contributed by atoms with E-state index in [1.54, 1.807) is 7.11 Å². The van der Waals surface area contributed by atoms with E-state index < -0.39 is 55.4 Å². The van der Waals surface area contributed by atoms with E-state index in [9.17, 15) is 30.0 Å². The third kappa shape index (κ3) is 7.71. The summed E-state index contributed by atoms with van der Waals surface area (Å²) in [6.45, 7) is 1.69. The first-order valence-electron chi connectivity index (χ1n) is 11.5. The lowest BCUT2D eigenvalue weighted by molar-refractivity contribution is -0.270. The highest BCUT2D eigenvalue weighted by atomic mass is 16.7. The fraction of sp³-hybridized carbons (Fsp3) is 0.905. The summed E-state index contributed by atoms with van der Waals surface area (Å²) in [4.78, 5) is 23.7. The van der Waals surface area contributed by atoms with Crippen molar-refractivity contribution in [1.29, 1.82) is 0 Å². The molecule has 0 radical (unpaired) electrons. The van der Waals surface area contributed by atoms with Crippen molar-refractivity contribution in [2.75, 3.05) is 40.6 Å². The molecule has 0 spiro atoms. The molecule has 1 aliphatic heterocycles. The van der Waals surface area contributed by atoms with Gasteiger partial charge < -0.3 is 55.3 Å². The zero-order valence-electron chi connectivity index (χ0n) is 19.9. The summed E-state index contributed by atoms with van der Waals surface area (Å²) < 4.78 is 21.6. The summed E-state index contributed by atoms with van der Waals surface area (Å²) >= 11 is 0. The standard InChI is InChI=1S/C21H39N3O10/c1-11(26)23-15-18(29)17(28)14(9-25)34-20(15)33-7-5-4-6-22-21(30)24-13-8-12(10-31-2)16(27)19(13)32-3/h12-20,25,27-29H,4-10H2,1-3H3,(H,23,26)(H2,22,24,30)/t12-,13+,14-,15-,16?,17+,18-,19-,20-/m1/s1. The minimum Gasteiger partial charge on any atom is -0.394 e. The van der Waals surface area contributed by atoms with Gasteiger partial charge in [-0.3, -0.25) is 4.79 Å². The van der Waals surface area contributed by atoms with Gasteiger partial charge in [-0.2, -0.15) is 0 Å². The van der Waals surface area contributed by atoms with Crippen LogP contribution in [-0.4, -0.2) is 122 Å². The Morgan fingerprint density at radius 3 is 2.41 bits per heavy atom. The van der Waals surface area contributed by atoms with Gasteiger partial charge >= 0.3 is 6.03 Å². The van der Waals surface area contributed by atoms with E-state index in [2.05, 4.69) is 16.0 Å². The van der Waals surface area contributed by atoms with Gasteiger partial charge in [0.05, 0.1) is 25.4 Å². The Hall–Kier alpha value is -1.58. The fourth-order valence-electron chi connectivity index (χ4n) is 4.39. The van der Waals surface area contributed by atoms with E-state index >= 15 is 0 Å². The minimum atomic E-state index is -1.37. The molecule has 9 atom stereocenters. The Balaban J connectivity index is 1.71. The number of carbonyl (C=O) groups excluding carboxylic acids is 2. The normalized spacial score (nSPS) is 35.7. The van der Waals surface area contributed by atoms with Gasteiger partial charge in [-0.25, -0.2) is 4.79 Å². The molecule has 1 aliphatic carbocycles. The molecule has 0 bridgehead atoms. The molecule has 1 heterocycles. The lowest BCUT2D eigenvalue weighted by Gasteiger charge is -2.42. The molecule has 198 valence electrons. The summed E-state index contributed by atoms with van der Waals surface area (Å²) in [5.41, 5.74) is 0. The van der Waals surface area contributed by atoms with E-state index in [0.29, 0.717) is 32.4 Å². The maximum absolute atomic E-state index is 12.2. The SMILES string of the molecule is COC[C@H]1C[C@H](NC(=O)NCCCCO[C@@H]2O[C@H](CO)[C@H](O)[C@H](O)[C@H]2NC(C)=O)[C@@H](OC)C1O. The smallest absolute Gasteiger partial charge is 0.315 e. The van der Waals surface area contributed by atoms with Gasteiger partial charge in [0.1, 0.15) is 30.5 Å². The number of urea groups is 1. The molecule has 1 unspecified atom stereocenters. The Bertz CT molecular complexity index is 642. The molecule has 2 fully saturated rings. The average molecular weight is 494 g/mol. The molecule has 0 aromatic heterocycles. The molecular weight excluding hydrogens is 454 g/mol. The second-order valence-corrected chi connectivity index (χ2v) is 8.66. The Morgan fingerprint density at radius 1 is 1.06 bits per heavy atom. The summed E-state index contributed by atoms with van der Waals surface area (Å²) in [7, 11) is 3.05. The van der Waals surface area contributed by atoms with Crippen molar-refractivity contribution in [3.8, 4) is 0 Å². The third-order valence-electron chi connectivity index (χ3n) is 6.13. The van der Waals surface area contributed by atoms with Gasteiger partial charge in [-0.1, -0.05) is 0 Å². The van der Waals surface area contributed by atoms with E-state index in [4.69, 9.17) is 18.9 Å². The third-order valence-corrected chi connectivity index (χ3v) is 6.13. The number of aliphatic hydroxyl groups excluding tert-OH is 4. The number of nitrogens with one attached hydrogen (secondary N) is 3. The maximum Gasteiger partial charge on any atom is 0.315 e. The predicted octanol–water partition coefficient (Wildman–Crippen LogP) is -2.56. The van der Waals surface area contributed by atoms with Gasteiger partial charge in [0.25, 0.3) is 0 Å². The van der Waals surface area contributed by atoms with Crippen LogP contribution in [0.15, 0.2) is 0 Å². The van der Waals surface area contributed by atoms with Crippen molar-refractivity contribution >= 4 is 11.9 Å². The van der Waals surface area contributed by atoms with E-state index in [1.165, 1.54) is 14.0 Å². The Labute approximate surface area is 199 Å². The van der Waals surface area contributed by atoms with Gasteiger partial charge in [-0.15, -0.1) is 0 Å². The lowest BCUT2D eigenvalue weighted by atomic mass is 9.97. The van der Waals surface area contributed by atoms with Crippen LogP contribution in [0.25, 0.3) is 0 Å². The summed E-state index contributed by atoms with van der Waals surface area (Å²) in [5.74, 6) is -0.545. The number of methoxy groups -OCH3 is 2. The molecule has 1 saturated carbocycles. The van der Waals surface area contributed by atoms with E-state index in [1.807, 2.05) is 0 Å². The first-order valence-corrected chi connectivity index (χ1v) is 11.5. The van der Waals surface area contributed by atoms with Gasteiger partial charge in [0.2, 0.25) is 5.91 Å². The molecule has 1 saturated heterocycles. The second-order valence-electron chi connectivity index (χ2n) is 8.66. The molecule has 7 N–H and O–H groups in total. The number of amides is 3. The van der Waals surface area contributed by atoms with Crippen molar-refractivity contribution < 1.29 is 49.0 Å². The molecule has 2 aliphatic rings. The van der Waals surface area contributed by atoms with Crippen molar-refractivity contribution in [2.24, 2.45) is 5.92 Å². The highest BCUT2D eigenvalue weighted by Gasteiger charge is 2.45. The van der Waals surface area contributed by atoms with Crippen LogP contribution in [0.3, 0.4) is 0 Å². The van der Waals surface area contributed by atoms with Crippen LogP contribution in [0.2, 0.25) is 0 Å². The fourth-order valence-corrected chi connectivity index (χ4v) is 4.39. The minimum absolute atomic E-state index is 0.120. The van der Waals surface area contributed by atoms with Crippen LogP contribution >= 0.6 is 0 Å². The zero-order valence-corrected chi connectivity index (χ0v) is 19.9. The molecule has 13 heteroatoms. The van der Waals surface area contributed by atoms with Gasteiger partial charge in [-0.05, 0) is 19.3 Å². The van der Waals surface area contributed by atoms with Crippen LogP contribution in [0.1, 0.15) is 26.2 Å². The van der Waals surface area contributed by atoms with Crippen LogP contribution in [0.4, 0.5) is 4.79 Å². The largest absolute Gasteiger partial charge is 0.394 e. The molecule has 34 heavy (non-hydrogen) atoms. The van der Waals surface area contributed by atoms with E-state index in [-0.39, 0.29) is 24.6 Å². The number of unbranched alkanes of at least 4 members (excludes halogenated alkanes) is 1. The lowest BCUT2D eigenvalue weighted by Crippen LogP contribution is -2.64. The first kappa shape index (κ1) is 28.7. The molecule has 13 nitrogen and oxygen atoms in total. The molecule has 2 rings (SSSR count). The second kappa shape index (κ2) is 14.1. The van der Waals surface area contributed by atoms with E-state index in [0.717, 1.165) is 0 Å². The Kier molecular flexibility index (Phi) is 11.9. The van der Waals surface area contributed by atoms with Crippen LogP contribution in [0.5, 0.6) is 0 Å². The van der Waals surface area contributed by atoms with Crippen molar-refractivity contribution in [1.82, 2.24) is 16.0 Å². The molecule has 0 aromatic carbocycles. The number of hydrogen-bond acceptors (Lipinski definition) is 10. The highest BCUT2D eigenvalue weighted by Crippen LogP contribution is 2.29. The number of aliphatic hydroxyl groups is 4. The zero-order chi connectivity index (χ0) is 25.3. The predicted molar refractivity (Wildman–Crippen MR) is 118 cm³/mol. The first-order chi connectivity index (χ1) is 16.2. The van der Waals surface area contributed by atoms with Crippen LogP contribution < -0.4 is 16.0 Å². The van der Waals surface area contributed by atoms with Gasteiger partial charge in [0.15, 0.2) is 6.29 Å². The number of carbonyl (C=O) groups is 2. The van der Waals surface area contributed by atoms with Crippen molar-refractivity contribution in [2.45, 2.75) is 75.1 Å². The quantitative estimate of drug-likeness (QED) is 0.142. The number of rotatable bonds is 12. The average Bonchev–Trinajstić information content (AvgIpc) is 3.08. The monoisotopic (exact) mass is 493 g/mol. The number of hydrogen-bond donors (Lipinski definition) is 7. The summed E-state index contributed by atoms with van der Waals surface area (Å²) in [6.07, 6.45) is -4.39. The Morgan fingerprint density at radius 2 is 1.79 bits per heavy atom. The van der Waals surface area contributed by atoms with Gasteiger partial charge in [0, 0.05) is 40.2 Å². The number of ether oxygens (including phenoxy) is 4. The topological polar surface area (TPSA) is 188 Å². The van der Waals surface area contributed by atoms with Crippen molar-refractivity contribution in [3.63, 3.8) is 0 Å². The maximum atomic E-state index is 12.2. The van der Waals surface area contributed by atoms with Crippen molar-refractivity contribution in [3.05, 3.63) is 0 Å². The molecular formula is C21H39N3O10. The summed E-state index contributed by atoms with van der Waals surface area (Å²) in [5, 5.41) is 48.0. The molecule has 3 amide bonds. The summed E-state index contributed by atoms with van der Waals surface area (Å²) in [6, 6.07) is -1.70. The van der Waals surface area contributed by atoms with Crippen LogP contribution in [0, 0.1) is 5.92 Å². The van der Waals surface area contributed by atoms with Crippen LogP contribution in [-0.2, 0) is 23.7 Å². The molecule has 0 aromatic rings.